The Morgan fingerprint density at radius 1 is 0.577 bits per heavy atom. The van der Waals surface area contributed by atoms with Crippen LogP contribution in [0.15, 0.2) is 57.3 Å². The lowest BCUT2D eigenvalue weighted by Gasteiger charge is -2.38. The second kappa shape index (κ2) is 14.9. The van der Waals surface area contributed by atoms with Crippen molar-refractivity contribution >= 4 is 48.4 Å². The zero-order valence-electron chi connectivity index (χ0n) is 32.9. The largest absolute Gasteiger partial charge is 0.544 e. The van der Waals surface area contributed by atoms with Crippen molar-refractivity contribution in [1.82, 2.24) is 9.80 Å². The molecule has 2 saturated heterocycles. The maximum absolute atomic E-state index is 12.0. The molecule has 0 radical (unpaired) electrons. The normalized spacial score (nSPS) is 23.2. The fourth-order valence-electron chi connectivity index (χ4n) is 6.49. The number of rotatable bonds is 6. The molecule has 52 heavy (non-hydrogen) atoms. The fraction of sp³-hybridized carbons (Fsp3) is 0.632. The number of hydrogen-bond donors (Lipinski definition) is 0. The van der Waals surface area contributed by atoms with Gasteiger partial charge in [0, 0.05) is 38.0 Å². The highest BCUT2D eigenvalue weighted by Crippen LogP contribution is 2.40. The van der Waals surface area contributed by atoms with Gasteiger partial charge in [-0.2, -0.15) is 0 Å². The van der Waals surface area contributed by atoms with Crippen molar-refractivity contribution in [1.29, 1.82) is 0 Å². The van der Waals surface area contributed by atoms with Gasteiger partial charge in [0.2, 0.25) is 16.6 Å². The van der Waals surface area contributed by atoms with Crippen LogP contribution in [-0.2, 0) is 20.0 Å². The zero-order valence-corrected chi connectivity index (χ0v) is 36.5. The Balaban J connectivity index is 0.000000201. The molecular weight excluding hydrogens is 729 g/mol. The third kappa shape index (κ3) is 9.51. The lowest BCUT2D eigenvalue weighted by atomic mass is 9.89. The van der Waals surface area contributed by atoms with Crippen molar-refractivity contribution in [2.24, 2.45) is 8.80 Å². The van der Waals surface area contributed by atoms with E-state index >= 15 is 0 Å². The first kappa shape index (κ1) is 40.5. The minimum absolute atomic E-state index is 0.0562. The van der Waals surface area contributed by atoms with Crippen LogP contribution in [0, 0.1) is 0 Å². The predicted octanol–water partition coefficient (Wildman–Crippen LogP) is 7.98. The Kier molecular flexibility index (Phi) is 11.6. The van der Waals surface area contributed by atoms with Gasteiger partial charge in [-0.05, 0) is 97.3 Å². The van der Waals surface area contributed by atoms with Gasteiger partial charge in [0.1, 0.15) is 23.2 Å². The van der Waals surface area contributed by atoms with Crippen molar-refractivity contribution in [3.05, 3.63) is 59.7 Å². The van der Waals surface area contributed by atoms with E-state index in [0.29, 0.717) is 13.1 Å². The summed E-state index contributed by atoms with van der Waals surface area (Å²) in [6, 6.07) is 16.4. The van der Waals surface area contributed by atoms with Crippen molar-refractivity contribution in [2.45, 2.75) is 115 Å². The highest BCUT2D eigenvalue weighted by atomic mass is 32.2. The standard InChI is InChI=1S/2C19H30N2O3SSi/c2*1-19(2,3)26(4,5)24-16-10-8-15(9-11-16)17-7-6-12-21-13-14-25(22,23)20-18(17)21/h2*8-11,17H,6-7,12-14H2,1-5H3/t2*17-/m11/s1. The van der Waals surface area contributed by atoms with E-state index in [9.17, 15) is 16.8 Å². The molecular formula is C38H60N4O6S2Si2. The van der Waals surface area contributed by atoms with Crippen LogP contribution in [0.5, 0.6) is 11.5 Å². The predicted molar refractivity (Wildman–Crippen MR) is 218 cm³/mol. The van der Waals surface area contributed by atoms with E-state index in [-0.39, 0.29) is 33.4 Å². The number of amidine groups is 2. The molecule has 2 aromatic rings. The zero-order chi connectivity index (χ0) is 38.3. The molecule has 4 aliphatic heterocycles. The molecule has 0 N–H and O–H groups in total. The van der Waals surface area contributed by atoms with E-state index < -0.39 is 36.7 Å². The van der Waals surface area contributed by atoms with Crippen molar-refractivity contribution in [2.75, 3.05) is 37.7 Å². The number of benzene rings is 2. The summed E-state index contributed by atoms with van der Waals surface area (Å²) in [7, 11) is -10.4. The molecule has 14 heteroatoms. The number of fused-ring (bicyclic) bond motifs is 2. The number of piperidine rings is 2. The Morgan fingerprint density at radius 3 is 1.21 bits per heavy atom. The number of hydrogen-bond acceptors (Lipinski definition) is 8. The van der Waals surface area contributed by atoms with Gasteiger partial charge in [0.25, 0.3) is 20.0 Å². The number of sulfonamides is 2. The molecule has 4 heterocycles. The van der Waals surface area contributed by atoms with Crippen LogP contribution in [-0.4, -0.2) is 92.6 Å². The molecule has 0 saturated carbocycles. The summed E-state index contributed by atoms with van der Waals surface area (Å²) in [5, 5.41) is 0.307. The third-order valence-electron chi connectivity index (χ3n) is 11.7. The maximum atomic E-state index is 12.0. The minimum atomic E-state index is -3.32. The van der Waals surface area contributed by atoms with Crippen molar-refractivity contribution < 1.29 is 25.7 Å². The van der Waals surface area contributed by atoms with Gasteiger partial charge >= 0.3 is 0 Å². The molecule has 0 spiro atoms. The first-order valence-electron chi connectivity index (χ1n) is 18.7. The van der Waals surface area contributed by atoms with Crippen LogP contribution >= 0.6 is 0 Å². The molecule has 0 bridgehead atoms. The summed E-state index contributed by atoms with van der Waals surface area (Å²) < 4.78 is 68.7. The van der Waals surface area contributed by atoms with Crippen molar-refractivity contribution in [3.63, 3.8) is 0 Å². The van der Waals surface area contributed by atoms with Crippen LogP contribution in [0.1, 0.15) is 90.2 Å². The third-order valence-corrected chi connectivity index (χ3v) is 22.8. The van der Waals surface area contributed by atoms with Gasteiger partial charge in [0.15, 0.2) is 0 Å². The van der Waals surface area contributed by atoms with E-state index in [0.717, 1.165) is 73.1 Å². The Bertz CT molecular complexity index is 1730. The summed E-state index contributed by atoms with van der Waals surface area (Å²) in [5.74, 6) is 3.60. The van der Waals surface area contributed by atoms with Crippen LogP contribution in [0.2, 0.25) is 36.3 Å². The van der Waals surface area contributed by atoms with Gasteiger partial charge in [-0.3, -0.25) is 0 Å². The quantitative estimate of drug-likeness (QED) is 0.271. The topological polar surface area (TPSA) is 118 Å². The molecule has 0 amide bonds. The summed E-state index contributed by atoms with van der Waals surface area (Å²) in [5.41, 5.74) is 2.24. The SMILES string of the molecule is CC(C)(C)[Si](C)(C)Oc1ccc([C@H]2CCCN3CCS(=O)(=O)N=C23)cc1.CC(C)(C)[Si](C)(C)Oc1ccc([C@H]2CCCN3CCS(=O)(=O)N=C23)cc1. The van der Waals surface area contributed by atoms with E-state index in [1.54, 1.807) is 0 Å². The molecule has 0 aliphatic carbocycles. The van der Waals surface area contributed by atoms with Gasteiger partial charge in [-0.25, -0.2) is 16.8 Å². The van der Waals surface area contributed by atoms with E-state index in [2.05, 4.69) is 111 Å². The van der Waals surface area contributed by atoms with Gasteiger partial charge in [-0.15, -0.1) is 8.80 Å². The summed E-state index contributed by atoms with van der Waals surface area (Å²) in [4.78, 5) is 4.27. The monoisotopic (exact) mass is 788 g/mol. The second-order valence-electron chi connectivity index (χ2n) is 17.7. The smallest absolute Gasteiger partial charge is 0.256 e. The second-order valence-corrected chi connectivity index (χ2v) is 30.7. The van der Waals surface area contributed by atoms with Gasteiger partial charge in [0.05, 0.1) is 11.5 Å². The van der Waals surface area contributed by atoms with Crippen molar-refractivity contribution in [3.8, 4) is 11.5 Å². The average molecular weight is 789 g/mol. The first-order chi connectivity index (χ1) is 24.0. The molecule has 0 aromatic heterocycles. The Hall–Kier alpha value is -2.69. The fourth-order valence-corrected chi connectivity index (χ4v) is 10.7. The lowest BCUT2D eigenvalue weighted by Crippen LogP contribution is -2.46. The molecule has 2 aromatic carbocycles. The Morgan fingerprint density at radius 2 is 0.904 bits per heavy atom. The molecule has 288 valence electrons. The van der Waals surface area contributed by atoms with Gasteiger partial charge < -0.3 is 18.7 Å². The average Bonchev–Trinajstić information content (AvgIpc) is 3.03. The molecule has 2 atom stereocenters. The summed E-state index contributed by atoms with van der Waals surface area (Å²) >= 11 is 0. The maximum Gasteiger partial charge on any atom is 0.256 e. The Labute approximate surface area is 315 Å². The highest BCUT2D eigenvalue weighted by molar-refractivity contribution is 7.90. The van der Waals surface area contributed by atoms with E-state index in [1.165, 1.54) is 0 Å². The van der Waals surface area contributed by atoms with Crippen LogP contribution < -0.4 is 8.85 Å². The summed E-state index contributed by atoms with van der Waals surface area (Å²) in [6.45, 7) is 25.2. The number of nitrogens with zero attached hydrogens (tertiary/aromatic N) is 4. The van der Waals surface area contributed by atoms with E-state index in [4.69, 9.17) is 8.85 Å². The minimum Gasteiger partial charge on any atom is -0.544 e. The molecule has 4 aliphatic rings. The molecule has 2 fully saturated rings. The molecule has 0 unspecified atom stereocenters. The van der Waals surface area contributed by atoms with Gasteiger partial charge in [-0.1, -0.05) is 65.8 Å². The molecule has 6 rings (SSSR count). The van der Waals surface area contributed by atoms with E-state index in [1.807, 2.05) is 24.3 Å². The highest BCUT2D eigenvalue weighted by Gasteiger charge is 2.40. The lowest BCUT2D eigenvalue weighted by molar-refractivity contribution is 0.366. The molecule has 10 nitrogen and oxygen atoms in total. The first-order valence-corrected chi connectivity index (χ1v) is 27.7. The summed E-state index contributed by atoms with van der Waals surface area (Å²) in [6.07, 6.45) is 4.00. The van der Waals surface area contributed by atoms with Crippen LogP contribution in [0.3, 0.4) is 0 Å². The van der Waals surface area contributed by atoms with Crippen LogP contribution in [0.4, 0.5) is 0 Å². The van der Waals surface area contributed by atoms with Crippen LogP contribution in [0.25, 0.3) is 0 Å².